The quantitative estimate of drug-likeness (QED) is 0.797. The zero-order valence-electron chi connectivity index (χ0n) is 9.84. The van der Waals surface area contributed by atoms with Crippen molar-refractivity contribution in [3.05, 3.63) is 29.3 Å². The molecule has 3 heteroatoms. The van der Waals surface area contributed by atoms with Crippen molar-refractivity contribution in [1.82, 2.24) is 5.32 Å². The number of rotatable bonds is 2. The number of nitrogens with one attached hydrogen (secondary N) is 2. The Hall–Kier alpha value is -1.35. The molecule has 1 unspecified atom stereocenters. The van der Waals surface area contributed by atoms with E-state index in [4.69, 9.17) is 0 Å². The minimum absolute atomic E-state index is 0.0188. The number of hydrogen-bond donors (Lipinski definition) is 2. The summed E-state index contributed by atoms with van der Waals surface area (Å²) >= 11 is 0. The summed E-state index contributed by atoms with van der Waals surface area (Å²) in [7, 11) is 0. The van der Waals surface area contributed by atoms with Crippen molar-refractivity contribution in [2.24, 2.45) is 0 Å². The molecule has 1 fully saturated rings. The van der Waals surface area contributed by atoms with E-state index < -0.39 is 0 Å². The van der Waals surface area contributed by atoms with E-state index in [0.29, 0.717) is 5.92 Å². The first-order chi connectivity index (χ1) is 7.66. The van der Waals surface area contributed by atoms with E-state index in [0.717, 1.165) is 18.8 Å². The van der Waals surface area contributed by atoms with Crippen LogP contribution in [0.1, 0.15) is 30.4 Å². The molecule has 3 nitrogen and oxygen atoms in total. The van der Waals surface area contributed by atoms with Crippen molar-refractivity contribution in [3.63, 3.8) is 0 Å². The van der Waals surface area contributed by atoms with E-state index in [9.17, 15) is 4.79 Å². The van der Waals surface area contributed by atoms with Gasteiger partial charge in [0.2, 0.25) is 5.91 Å². The Kier molecular flexibility index (Phi) is 3.25. The molecule has 16 heavy (non-hydrogen) atoms. The fraction of sp³-hybridized carbons (Fsp3) is 0.462. The Bertz CT molecular complexity index is 395. The summed E-state index contributed by atoms with van der Waals surface area (Å²) < 4.78 is 0. The zero-order valence-corrected chi connectivity index (χ0v) is 9.84. The lowest BCUT2D eigenvalue weighted by Crippen LogP contribution is -2.09. The van der Waals surface area contributed by atoms with Crippen LogP contribution in [0.5, 0.6) is 0 Å². The number of carbonyl (C=O) groups is 1. The molecule has 1 saturated heterocycles. The Morgan fingerprint density at radius 3 is 2.88 bits per heavy atom. The first kappa shape index (κ1) is 11.1. The molecule has 1 aliphatic heterocycles. The van der Waals surface area contributed by atoms with E-state index in [1.165, 1.54) is 24.5 Å². The van der Waals surface area contributed by atoms with Crippen LogP contribution in [0.25, 0.3) is 0 Å². The summed E-state index contributed by atoms with van der Waals surface area (Å²) in [5.41, 5.74) is 3.55. The van der Waals surface area contributed by atoms with Gasteiger partial charge < -0.3 is 10.6 Å². The van der Waals surface area contributed by atoms with E-state index in [1.54, 1.807) is 0 Å². The van der Waals surface area contributed by atoms with Crippen LogP contribution in [0.3, 0.4) is 0 Å². The minimum atomic E-state index is -0.0188. The van der Waals surface area contributed by atoms with Crippen LogP contribution >= 0.6 is 0 Å². The molecule has 2 rings (SSSR count). The lowest BCUT2D eigenvalue weighted by atomic mass is 9.94. The lowest BCUT2D eigenvalue weighted by molar-refractivity contribution is -0.114. The Morgan fingerprint density at radius 2 is 2.31 bits per heavy atom. The maximum atomic E-state index is 10.9. The second-order valence-electron chi connectivity index (χ2n) is 4.44. The largest absolute Gasteiger partial charge is 0.326 e. The minimum Gasteiger partial charge on any atom is -0.326 e. The average molecular weight is 218 g/mol. The van der Waals surface area contributed by atoms with Crippen LogP contribution in [-0.2, 0) is 4.79 Å². The molecule has 0 spiro atoms. The van der Waals surface area contributed by atoms with Crippen molar-refractivity contribution in [2.75, 3.05) is 18.4 Å². The van der Waals surface area contributed by atoms with E-state index in [2.05, 4.69) is 29.7 Å². The molecule has 1 aromatic rings. The highest BCUT2D eigenvalue weighted by Gasteiger charge is 2.18. The number of amides is 1. The number of aryl methyl sites for hydroxylation is 1. The normalized spacial score (nSPS) is 19.8. The second kappa shape index (κ2) is 4.66. The molecule has 0 aromatic heterocycles. The molecule has 0 aliphatic carbocycles. The Balaban J connectivity index is 2.18. The SMILES string of the molecule is CC(=O)Nc1ccc(C2CCNC2)c(C)c1. The van der Waals surface area contributed by atoms with Gasteiger partial charge in [-0.3, -0.25) is 4.79 Å². The van der Waals surface area contributed by atoms with E-state index >= 15 is 0 Å². The van der Waals surface area contributed by atoms with Gasteiger partial charge in [-0.05, 0) is 49.1 Å². The van der Waals surface area contributed by atoms with Gasteiger partial charge in [-0.15, -0.1) is 0 Å². The first-order valence-corrected chi connectivity index (χ1v) is 5.75. The topological polar surface area (TPSA) is 41.1 Å². The number of benzene rings is 1. The third-order valence-corrected chi connectivity index (χ3v) is 3.09. The zero-order chi connectivity index (χ0) is 11.5. The van der Waals surface area contributed by atoms with Gasteiger partial charge in [0.05, 0.1) is 0 Å². The molecular weight excluding hydrogens is 200 g/mol. The predicted octanol–water partition coefficient (Wildman–Crippen LogP) is 2.03. The van der Waals surface area contributed by atoms with Crippen molar-refractivity contribution >= 4 is 11.6 Å². The molecule has 0 radical (unpaired) electrons. The van der Waals surface area contributed by atoms with Gasteiger partial charge in [-0.25, -0.2) is 0 Å². The van der Waals surface area contributed by atoms with Gasteiger partial charge in [-0.2, -0.15) is 0 Å². The van der Waals surface area contributed by atoms with Gasteiger partial charge in [-0.1, -0.05) is 6.07 Å². The van der Waals surface area contributed by atoms with Crippen molar-refractivity contribution in [2.45, 2.75) is 26.2 Å². The lowest BCUT2D eigenvalue weighted by Gasteiger charge is -2.13. The third kappa shape index (κ3) is 2.42. The Labute approximate surface area is 96.2 Å². The van der Waals surface area contributed by atoms with Gasteiger partial charge in [0.15, 0.2) is 0 Å². The fourth-order valence-electron chi connectivity index (χ4n) is 2.33. The summed E-state index contributed by atoms with van der Waals surface area (Å²) in [5, 5.41) is 6.18. The van der Waals surface area contributed by atoms with Crippen molar-refractivity contribution in [3.8, 4) is 0 Å². The summed E-state index contributed by atoms with van der Waals surface area (Å²) in [6.07, 6.45) is 1.21. The fourth-order valence-corrected chi connectivity index (χ4v) is 2.33. The van der Waals surface area contributed by atoms with Gasteiger partial charge in [0, 0.05) is 19.2 Å². The number of anilines is 1. The summed E-state index contributed by atoms with van der Waals surface area (Å²) in [4.78, 5) is 10.9. The smallest absolute Gasteiger partial charge is 0.221 e. The van der Waals surface area contributed by atoms with Crippen LogP contribution in [0.2, 0.25) is 0 Å². The molecule has 0 saturated carbocycles. The third-order valence-electron chi connectivity index (χ3n) is 3.09. The van der Waals surface area contributed by atoms with E-state index in [-0.39, 0.29) is 5.91 Å². The van der Waals surface area contributed by atoms with Crippen molar-refractivity contribution in [1.29, 1.82) is 0 Å². The predicted molar refractivity (Wildman–Crippen MR) is 65.7 cm³/mol. The highest BCUT2D eigenvalue weighted by Crippen LogP contribution is 2.27. The van der Waals surface area contributed by atoms with Gasteiger partial charge in [0.1, 0.15) is 0 Å². The maximum Gasteiger partial charge on any atom is 0.221 e. The van der Waals surface area contributed by atoms with E-state index in [1.807, 2.05) is 6.07 Å². The number of hydrogen-bond acceptors (Lipinski definition) is 2. The Morgan fingerprint density at radius 1 is 1.50 bits per heavy atom. The van der Waals surface area contributed by atoms with Crippen LogP contribution in [0, 0.1) is 6.92 Å². The highest BCUT2D eigenvalue weighted by molar-refractivity contribution is 5.88. The second-order valence-corrected chi connectivity index (χ2v) is 4.44. The van der Waals surface area contributed by atoms with Gasteiger partial charge >= 0.3 is 0 Å². The summed E-state index contributed by atoms with van der Waals surface area (Å²) in [6.45, 7) is 5.82. The molecule has 1 atom stereocenters. The monoisotopic (exact) mass is 218 g/mol. The number of carbonyl (C=O) groups excluding carboxylic acids is 1. The molecule has 86 valence electrons. The first-order valence-electron chi connectivity index (χ1n) is 5.75. The van der Waals surface area contributed by atoms with Crippen LogP contribution in [0.4, 0.5) is 5.69 Å². The molecule has 1 heterocycles. The standard InChI is InChI=1S/C13H18N2O/c1-9-7-12(15-10(2)16)3-4-13(9)11-5-6-14-8-11/h3-4,7,11,14H,5-6,8H2,1-2H3,(H,15,16). The molecule has 0 bridgehead atoms. The summed E-state index contributed by atoms with van der Waals surface area (Å²) in [5.74, 6) is 0.612. The van der Waals surface area contributed by atoms with Crippen molar-refractivity contribution < 1.29 is 4.79 Å². The molecular formula is C13H18N2O. The average Bonchev–Trinajstić information content (AvgIpc) is 2.69. The molecule has 2 N–H and O–H groups in total. The van der Waals surface area contributed by atoms with Crippen LogP contribution in [0.15, 0.2) is 18.2 Å². The highest BCUT2D eigenvalue weighted by atomic mass is 16.1. The molecule has 1 aliphatic rings. The molecule has 1 amide bonds. The summed E-state index contributed by atoms with van der Waals surface area (Å²) in [6, 6.07) is 6.18. The van der Waals surface area contributed by atoms with Gasteiger partial charge in [0.25, 0.3) is 0 Å². The van der Waals surface area contributed by atoms with Crippen LogP contribution < -0.4 is 10.6 Å². The van der Waals surface area contributed by atoms with Crippen LogP contribution in [-0.4, -0.2) is 19.0 Å². The molecule has 1 aromatic carbocycles. The maximum absolute atomic E-state index is 10.9.